The van der Waals surface area contributed by atoms with Gasteiger partial charge >= 0.3 is 0 Å². The van der Waals surface area contributed by atoms with Crippen LogP contribution in [0, 0.1) is 17.8 Å². The van der Waals surface area contributed by atoms with Crippen molar-refractivity contribution in [2.75, 3.05) is 0 Å². The summed E-state index contributed by atoms with van der Waals surface area (Å²) >= 11 is 0. The molecule has 0 nitrogen and oxygen atoms in total. The summed E-state index contributed by atoms with van der Waals surface area (Å²) in [4.78, 5) is 0. The number of aryl methyl sites for hydroxylation is 1. The first kappa shape index (κ1) is 22.6. The number of hydrogen-bond donors (Lipinski definition) is 0. The van der Waals surface area contributed by atoms with Gasteiger partial charge in [0, 0.05) is 0 Å². The van der Waals surface area contributed by atoms with Crippen molar-refractivity contribution < 1.29 is 0 Å². The molecule has 1 aromatic carbocycles. The highest BCUT2D eigenvalue weighted by atomic mass is 14.3. The van der Waals surface area contributed by atoms with E-state index < -0.39 is 0 Å². The van der Waals surface area contributed by atoms with Crippen molar-refractivity contribution in [1.82, 2.24) is 0 Å². The number of allylic oxidation sites excluding steroid dienone is 1. The highest BCUT2D eigenvalue weighted by Gasteiger charge is 2.22. The van der Waals surface area contributed by atoms with Gasteiger partial charge in [-0.25, -0.2) is 0 Å². The molecule has 29 heavy (non-hydrogen) atoms. The quantitative estimate of drug-likeness (QED) is 0.259. The Hall–Kier alpha value is -1.04. The zero-order valence-corrected chi connectivity index (χ0v) is 19.2. The normalized spacial score (nSPS) is 27.6. The van der Waals surface area contributed by atoms with E-state index in [9.17, 15) is 0 Å². The van der Waals surface area contributed by atoms with Gasteiger partial charge in [0.05, 0.1) is 0 Å². The van der Waals surface area contributed by atoms with E-state index in [0.717, 1.165) is 23.7 Å². The Morgan fingerprint density at radius 2 is 1.31 bits per heavy atom. The molecule has 0 aromatic heterocycles. The Balaban J connectivity index is 1.35. The molecule has 0 unspecified atom stereocenters. The Kier molecular flexibility index (Phi) is 9.84. The number of rotatable bonds is 11. The fourth-order valence-corrected chi connectivity index (χ4v) is 5.96. The van der Waals surface area contributed by atoms with E-state index in [1.807, 2.05) is 0 Å². The van der Waals surface area contributed by atoms with Crippen molar-refractivity contribution in [1.29, 1.82) is 0 Å². The van der Waals surface area contributed by atoms with Gasteiger partial charge in [-0.2, -0.15) is 0 Å². The van der Waals surface area contributed by atoms with Gasteiger partial charge in [0.15, 0.2) is 0 Å². The lowest BCUT2D eigenvalue weighted by atomic mass is 9.76. The van der Waals surface area contributed by atoms with Crippen molar-refractivity contribution in [2.45, 2.75) is 116 Å². The number of hydrogen-bond acceptors (Lipinski definition) is 0. The summed E-state index contributed by atoms with van der Waals surface area (Å²) in [5.74, 6) is 3.83. The van der Waals surface area contributed by atoms with Gasteiger partial charge in [0.2, 0.25) is 0 Å². The molecule has 0 heteroatoms. The first-order chi connectivity index (χ1) is 14.3. The third-order valence-electron chi connectivity index (χ3n) is 8.09. The molecule has 2 aliphatic rings. The molecular weight excluding hydrogens is 348 g/mol. The Labute approximate surface area is 181 Å². The van der Waals surface area contributed by atoms with Crippen molar-refractivity contribution in [3.8, 4) is 0 Å². The smallest absolute Gasteiger partial charge is 0.0162 e. The summed E-state index contributed by atoms with van der Waals surface area (Å²) < 4.78 is 0. The van der Waals surface area contributed by atoms with Crippen LogP contribution in [0.3, 0.4) is 0 Å². The number of unbranched alkanes of at least 4 members (excludes halogenated alkanes) is 2. The van der Waals surface area contributed by atoms with Gasteiger partial charge in [0.25, 0.3) is 0 Å². The van der Waals surface area contributed by atoms with Crippen molar-refractivity contribution in [2.24, 2.45) is 17.8 Å². The first-order valence-electron chi connectivity index (χ1n) is 13.0. The van der Waals surface area contributed by atoms with Crippen LogP contribution in [0.1, 0.15) is 120 Å². The maximum absolute atomic E-state index is 3.85. The topological polar surface area (TPSA) is 0 Å². The molecule has 2 aliphatic carbocycles. The SMILES string of the molecule is C=CCCCC1CCC(c2ccc(CCC3CCC(CCCC)CC3)cc2)CC1. The summed E-state index contributed by atoms with van der Waals surface area (Å²) in [7, 11) is 0. The third-order valence-corrected chi connectivity index (χ3v) is 8.09. The van der Waals surface area contributed by atoms with Gasteiger partial charge in [-0.3, -0.25) is 0 Å². The van der Waals surface area contributed by atoms with E-state index in [2.05, 4.69) is 43.8 Å². The zero-order valence-electron chi connectivity index (χ0n) is 19.2. The third kappa shape index (κ3) is 7.62. The predicted octanol–water partition coefficient (Wildman–Crippen LogP) is 9.25. The largest absolute Gasteiger partial charge is 0.103 e. The standard InChI is InChI=1S/C29H46/c1-3-5-7-9-25-16-20-28(21-17-25)29-22-18-27(19-23-29)15-14-26-12-10-24(11-13-26)8-6-4-2/h3,18-19,22-26,28H,1,4-17,20-21H2,2H3. The van der Waals surface area contributed by atoms with Crippen LogP contribution in [-0.4, -0.2) is 0 Å². The molecule has 3 rings (SSSR count). The number of benzene rings is 1. The lowest BCUT2D eigenvalue weighted by molar-refractivity contribution is 0.250. The average Bonchev–Trinajstić information content (AvgIpc) is 2.78. The predicted molar refractivity (Wildman–Crippen MR) is 128 cm³/mol. The molecule has 0 atom stereocenters. The second-order valence-electron chi connectivity index (χ2n) is 10.2. The molecule has 2 saturated carbocycles. The molecule has 0 radical (unpaired) electrons. The molecule has 0 N–H and O–H groups in total. The summed E-state index contributed by atoms with van der Waals surface area (Å²) in [6.07, 6.45) is 24.7. The second-order valence-corrected chi connectivity index (χ2v) is 10.2. The van der Waals surface area contributed by atoms with E-state index in [0.29, 0.717) is 0 Å². The van der Waals surface area contributed by atoms with Gasteiger partial charge in [-0.15, -0.1) is 6.58 Å². The summed E-state index contributed by atoms with van der Waals surface area (Å²) in [6, 6.07) is 9.80. The van der Waals surface area contributed by atoms with Crippen LogP contribution in [0.5, 0.6) is 0 Å². The van der Waals surface area contributed by atoms with Crippen molar-refractivity contribution in [3.63, 3.8) is 0 Å². The van der Waals surface area contributed by atoms with Crippen molar-refractivity contribution >= 4 is 0 Å². The molecule has 0 spiro atoms. The van der Waals surface area contributed by atoms with Gasteiger partial charge in [-0.05, 0) is 86.2 Å². The average molecular weight is 395 g/mol. The molecule has 0 heterocycles. The molecule has 0 aliphatic heterocycles. The van der Waals surface area contributed by atoms with Gasteiger partial charge in [-0.1, -0.05) is 88.6 Å². The lowest BCUT2D eigenvalue weighted by Gasteiger charge is -2.29. The van der Waals surface area contributed by atoms with Gasteiger partial charge < -0.3 is 0 Å². The molecule has 2 fully saturated rings. The monoisotopic (exact) mass is 394 g/mol. The maximum atomic E-state index is 3.85. The molecule has 0 saturated heterocycles. The maximum Gasteiger partial charge on any atom is -0.0162 e. The van der Waals surface area contributed by atoms with Crippen LogP contribution in [0.4, 0.5) is 0 Å². The zero-order chi connectivity index (χ0) is 20.3. The highest BCUT2D eigenvalue weighted by Crippen LogP contribution is 2.38. The minimum Gasteiger partial charge on any atom is -0.103 e. The summed E-state index contributed by atoms with van der Waals surface area (Å²) in [6.45, 7) is 6.18. The van der Waals surface area contributed by atoms with Crippen LogP contribution in [0.15, 0.2) is 36.9 Å². The van der Waals surface area contributed by atoms with Crippen LogP contribution < -0.4 is 0 Å². The molecule has 162 valence electrons. The van der Waals surface area contributed by atoms with Gasteiger partial charge in [0.1, 0.15) is 0 Å². The molecule has 1 aromatic rings. The van der Waals surface area contributed by atoms with Crippen LogP contribution >= 0.6 is 0 Å². The summed E-state index contributed by atoms with van der Waals surface area (Å²) in [5, 5.41) is 0. The van der Waals surface area contributed by atoms with Crippen molar-refractivity contribution in [3.05, 3.63) is 48.0 Å². The van der Waals surface area contributed by atoms with Crippen LogP contribution in [0.25, 0.3) is 0 Å². The Morgan fingerprint density at radius 3 is 1.90 bits per heavy atom. The van der Waals surface area contributed by atoms with Crippen LogP contribution in [0.2, 0.25) is 0 Å². The Bertz CT molecular complexity index is 552. The fourth-order valence-electron chi connectivity index (χ4n) is 5.96. The first-order valence-corrected chi connectivity index (χ1v) is 13.0. The fraction of sp³-hybridized carbons (Fsp3) is 0.724. The van der Waals surface area contributed by atoms with E-state index >= 15 is 0 Å². The second kappa shape index (κ2) is 12.6. The minimum absolute atomic E-state index is 0.818. The van der Waals surface area contributed by atoms with E-state index in [4.69, 9.17) is 0 Å². The highest BCUT2D eigenvalue weighted by molar-refractivity contribution is 5.26. The van der Waals surface area contributed by atoms with Crippen LogP contribution in [-0.2, 0) is 6.42 Å². The molecule has 0 amide bonds. The molecular formula is C29H46. The Morgan fingerprint density at radius 1 is 0.759 bits per heavy atom. The van der Waals surface area contributed by atoms with E-state index in [1.54, 1.807) is 11.1 Å². The molecule has 0 bridgehead atoms. The van der Waals surface area contributed by atoms with E-state index in [1.165, 1.54) is 103 Å². The minimum atomic E-state index is 0.818. The summed E-state index contributed by atoms with van der Waals surface area (Å²) in [5.41, 5.74) is 3.18. The van der Waals surface area contributed by atoms with E-state index in [-0.39, 0.29) is 0 Å². The lowest BCUT2D eigenvalue weighted by Crippen LogP contribution is -2.15.